The molecule has 5 heteroatoms. The van der Waals surface area contributed by atoms with Gasteiger partial charge in [0.2, 0.25) is 0 Å². The van der Waals surface area contributed by atoms with Gasteiger partial charge in [0.05, 0.1) is 6.04 Å². The second-order valence-corrected chi connectivity index (χ2v) is 4.75. The first-order chi connectivity index (χ1) is 8.20. The highest BCUT2D eigenvalue weighted by atomic mass is 79.9. The predicted molar refractivity (Wildman–Crippen MR) is 70.1 cm³/mol. The van der Waals surface area contributed by atoms with Gasteiger partial charge in [-0.1, -0.05) is 6.07 Å². The molecule has 0 saturated carbocycles. The summed E-state index contributed by atoms with van der Waals surface area (Å²) in [6.07, 6.45) is 7.15. The minimum atomic E-state index is -0.104. The van der Waals surface area contributed by atoms with Gasteiger partial charge in [-0.05, 0) is 45.6 Å². The molecule has 0 spiro atoms. The standard InChI is InChI=1S/C12H13BrN4/c1-8-2-9(5-15-4-8)12(17-14)10-3-11(13)7-16-6-10/h2-7,12,17H,14H2,1H3. The summed E-state index contributed by atoms with van der Waals surface area (Å²) in [5.74, 6) is 5.62. The van der Waals surface area contributed by atoms with Crippen LogP contribution in [0.2, 0.25) is 0 Å². The van der Waals surface area contributed by atoms with Crippen molar-refractivity contribution >= 4 is 15.9 Å². The van der Waals surface area contributed by atoms with Crippen molar-refractivity contribution in [2.75, 3.05) is 0 Å². The fraction of sp³-hybridized carbons (Fsp3) is 0.167. The highest BCUT2D eigenvalue weighted by Gasteiger charge is 2.13. The molecule has 2 heterocycles. The Morgan fingerprint density at radius 2 is 1.76 bits per heavy atom. The lowest BCUT2D eigenvalue weighted by Crippen LogP contribution is -2.29. The van der Waals surface area contributed by atoms with Crippen molar-refractivity contribution in [1.29, 1.82) is 0 Å². The van der Waals surface area contributed by atoms with Gasteiger partial charge in [0.1, 0.15) is 0 Å². The summed E-state index contributed by atoms with van der Waals surface area (Å²) in [5.41, 5.74) is 5.91. The molecule has 2 rings (SSSR count). The number of nitrogens with one attached hydrogen (secondary N) is 1. The lowest BCUT2D eigenvalue weighted by atomic mass is 10.0. The number of pyridine rings is 2. The molecule has 17 heavy (non-hydrogen) atoms. The second-order valence-electron chi connectivity index (χ2n) is 3.83. The van der Waals surface area contributed by atoms with Crippen LogP contribution >= 0.6 is 15.9 Å². The summed E-state index contributed by atoms with van der Waals surface area (Å²) >= 11 is 3.40. The van der Waals surface area contributed by atoms with Crippen LogP contribution in [0.1, 0.15) is 22.7 Å². The summed E-state index contributed by atoms with van der Waals surface area (Å²) in [6, 6.07) is 3.94. The van der Waals surface area contributed by atoms with Gasteiger partial charge in [0.25, 0.3) is 0 Å². The third-order valence-corrected chi connectivity index (χ3v) is 2.89. The highest BCUT2D eigenvalue weighted by Crippen LogP contribution is 2.22. The SMILES string of the molecule is Cc1cncc(C(NN)c2cncc(Br)c2)c1. The van der Waals surface area contributed by atoms with Gasteiger partial charge in [-0.2, -0.15) is 0 Å². The normalized spacial score (nSPS) is 12.4. The van der Waals surface area contributed by atoms with E-state index >= 15 is 0 Å². The number of nitrogens with zero attached hydrogens (tertiary/aromatic N) is 2. The smallest absolute Gasteiger partial charge is 0.0740 e. The summed E-state index contributed by atoms with van der Waals surface area (Å²) in [4.78, 5) is 8.31. The van der Waals surface area contributed by atoms with Crippen molar-refractivity contribution in [3.05, 3.63) is 58.1 Å². The average molecular weight is 293 g/mol. The van der Waals surface area contributed by atoms with E-state index in [1.807, 2.05) is 19.2 Å². The molecule has 0 fully saturated rings. The van der Waals surface area contributed by atoms with Crippen molar-refractivity contribution in [2.45, 2.75) is 13.0 Å². The van der Waals surface area contributed by atoms with Gasteiger partial charge in [0.15, 0.2) is 0 Å². The molecule has 0 saturated heterocycles. The van der Waals surface area contributed by atoms with E-state index in [9.17, 15) is 0 Å². The molecule has 4 nitrogen and oxygen atoms in total. The maximum absolute atomic E-state index is 5.62. The summed E-state index contributed by atoms with van der Waals surface area (Å²) in [5, 5.41) is 0. The van der Waals surface area contributed by atoms with Gasteiger partial charge in [-0.3, -0.25) is 15.8 Å². The van der Waals surface area contributed by atoms with Gasteiger partial charge < -0.3 is 0 Å². The molecule has 0 aliphatic heterocycles. The Morgan fingerprint density at radius 3 is 2.35 bits per heavy atom. The fourth-order valence-corrected chi connectivity index (χ4v) is 2.09. The maximum atomic E-state index is 5.62. The molecular formula is C12H13BrN4. The van der Waals surface area contributed by atoms with Crippen LogP contribution in [-0.2, 0) is 0 Å². The van der Waals surface area contributed by atoms with E-state index in [4.69, 9.17) is 5.84 Å². The Bertz CT molecular complexity index is 470. The lowest BCUT2D eigenvalue weighted by Gasteiger charge is -2.16. The summed E-state index contributed by atoms with van der Waals surface area (Å²) < 4.78 is 0.927. The Labute approximate surface area is 108 Å². The van der Waals surface area contributed by atoms with E-state index in [0.29, 0.717) is 0 Å². The average Bonchev–Trinajstić information content (AvgIpc) is 2.30. The molecule has 0 aliphatic rings. The molecule has 1 unspecified atom stereocenters. The summed E-state index contributed by atoms with van der Waals surface area (Å²) in [7, 11) is 0. The van der Waals surface area contributed by atoms with Crippen LogP contribution in [0.3, 0.4) is 0 Å². The van der Waals surface area contributed by atoms with Gasteiger partial charge in [-0.15, -0.1) is 0 Å². The number of aryl methyl sites for hydroxylation is 1. The molecule has 0 amide bonds. The maximum Gasteiger partial charge on any atom is 0.0740 e. The van der Waals surface area contributed by atoms with Crippen molar-refractivity contribution in [2.24, 2.45) is 5.84 Å². The molecule has 0 aromatic carbocycles. The summed E-state index contributed by atoms with van der Waals surface area (Å²) in [6.45, 7) is 2.00. The minimum absolute atomic E-state index is 0.104. The largest absolute Gasteiger partial charge is 0.271 e. The van der Waals surface area contributed by atoms with E-state index in [0.717, 1.165) is 21.2 Å². The Morgan fingerprint density at radius 1 is 1.12 bits per heavy atom. The topological polar surface area (TPSA) is 63.8 Å². The highest BCUT2D eigenvalue weighted by molar-refractivity contribution is 9.10. The Hall–Kier alpha value is -1.30. The Balaban J connectivity index is 2.40. The number of hydrazine groups is 1. The molecule has 2 aromatic rings. The zero-order valence-electron chi connectivity index (χ0n) is 9.39. The number of hydrogen-bond acceptors (Lipinski definition) is 4. The number of aromatic nitrogens is 2. The zero-order chi connectivity index (χ0) is 12.3. The number of nitrogens with two attached hydrogens (primary N) is 1. The minimum Gasteiger partial charge on any atom is -0.271 e. The van der Waals surface area contributed by atoms with Crippen LogP contribution in [0.15, 0.2) is 41.4 Å². The van der Waals surface area contributed by atoms with Crippen molar-refractivity contribution < 1.29 is 0 Å². The second kappa shape index (κ2) is 5.35. The van der Waals surface area contributed by atoms with Gasteiger partial charge in [0, 0.05) is 29.3 Å². The molecule has 0 radical (unpaired) electrons. The number of halogens is 1. The molecule has 88 valence electrons. The monoisotopic (exact) mass is 292 g/mol. The van der Waals surface area contributed by atoms with Crippen molar-refractivity contribution in [1.82, 2.24) is 15.4 Å². The predicted octanol–water partition coefficient (Wildman–Crippen LogP) is 2.10. The lowest BCUT2D eigenvalue weighted by molar-refractivity contribution is 0.631. The van der Waals surface area contributed by atoms with E-state index in [-0.39, 0.29) is 6.04 Å². The molecule has 0 bridgehead atoms. The van der Waals surface area contributed by atoms with Gasteiger partial charge >= 0.3 is 0 Å². The van der Waals surface area contributed by atoms with E-state index in [1.165, 1.54) is 0 Å². The molecular weight excluding hydrogens is 280 g/mol. The van der Waals surface area contributed by atoms with Crippen LogP contribution in [-0.4, -0.2) is 9.97 Å². The fourth-order valence-electron chi connectivity index (χ4n) is 1.71. The number of rotatable bonds is 3. The first-order valence-corrected chi connectivity index (χ1v) is 5.98. The van der Waals surface area contributed by atoms with Crippen LogP contribution in [0, 0.1) is 6.92 Å². The first kappa shape index (κ1) is 12.2. The van der Waals surface area contributed by atoms with Crippen LogP contribution in [0.4, 0.5) is 0 Å². The van der Waals surface area contributed by atoms with Crippen LogP contribution in [0.5, 0.6) is 0 Å². The molecule has 3 N–H and O–H groups in total. The molecule has 1 atom stereocenters. The van der Waals surface area contributed by atoms with Crippen molar-refractivity contribution in [3.63, 3.8) is 0 Å². The molecule has 2 aromatic heterocycles. The molecule has 0 aliphatic carbocycles. The van der Waals surface area contributed by atoms with Gasteiger partial charge in [-0.25, -0.2) is 5.43 Å². The van der Waals surface area contributed by atoms with E-state index < -0.39 is 0 Å². The van der Waals surface area contributed by atoms with E-state index in [1.54, 1.807) is 18.6 Å². The van der Waals surface area contributed by atoms with Crippen LogP contribution in [0.25, 0.3) is 0 Å². The third-order valence-electron chi connectivity index (χ3n) is 2.46. The first-order valence-electron chi connectivity index (χ1n) is 5.19. The van der Waals surface area contributed by atoms with Crippen LogP contribution < -0.4 is 11.3 Å². The zero-order valence-corrected chi connectivity index (χ0v) is 11.0. The van der Waals surface area contributed by atoms with Crippen molar-refractivity contribution in [3.8, 4) is 0 Å². The third kappa shape index (κ3) is 2.88. The van der Waals surface area contributed by atoms with E-state index in [2.05, 4.69) is 37.4 Å². The number of hydrogen-bond donors (Lipinski definition) is 2. The Kier molecular flexibility index (Phi) is 3.83. The quantitative estimate of drug-likeness (QED) is 0.672.